The van der Waals surface area contributed by atoms with Gasteiger partial charge in [0.25, 0.3) is 0 Å². The number of ether oxygens (including phenoxy) is 1. The molecule has 1 amide bonds. The smallest absolute Gasteiger partial charge is 0.416 e. The van der Waals surface area contributed by atoms with Crippen molar-refractivity contribution in [1.82, 2.24) is 5.32 Å². The fourth-order valence-electron chi connectivity index (χ4n) is 2.18. The number of anilines is 1. The maximum absolute atomic E-state index is 12.6. The Hall–Kier alpha value is -1.76. The van der Waals surface area contributed by atoms with Gasteiger partial charge in [-0.3, -0.25) is 5.32 Å². The van der Waals surface area contributed by atoms with Crippen molar-refractivity contribution in [2.24, 2.45) is 5.92 Å². The fraction of sp³-hybridized carbons (Fsp3) is 0.500. The molecule has 4 nitrogen and oxygen atoms in total. The lowest BCUT2D eigenvalue weighted by Gasteiger charge is -2.29. The summed E-state index contributed by atoms with van der Waals surface area (Å²) in [6.45, 7) is 3.40. The molecule has 1 heterocycles. The van der Waals surface area contributed by atoms with E-state index in [1.807, 2.05) is 6.92 Å². The highest BCUT2D eigenvalue weighted by molar-refractivity contribution is 5.84. The molecular formula is C14H17F3N2O2. The number of carbonyl (C=O) groups is 1. The zero-order valence-corrected chi connectivity index (χ0v) is 11.5. The molecule has 1 aliphatic heterocycles. The third-order valence-corrected chi connectivity index (χ3v) is 3.45. The van der Waals surface area contributed by atoms with Gasteiger partial charge < -0.3 is 10.1 Å². The minimum absolute atomic E-state index is 0.0613. The first kappa shape index (κ1) is 15.6. The van der Waals surface area contributed by atoms with Gasteiger partial charge in [-0.25, -0.2) is 4.79 Å². The van der Waals surface area contributed by atoms with Gasteiger partial charge in [-0.2, -0.15) is 13.2 Å². The summed E-state index contributed by atoms with van der Waals surface area (Å²) in [5.74, 6) is 0.221. The van der Waals surface area contributed by atoms with E-state index < -0.39 is 17.8 Å². The molecule has 2 unspecified atom stereocenters. The second-order valence-corrected chi connectivity index (χ2v) is 5.12. The van der Waals surface area contributed by atoms with Gasteiger partial charge in [0.1, 0.15) is 6.10 Å². The van der Waals surface area contributed by atoms with Crippen LogP contribution in [-0.2, 0) is 10.9 Å². The predicted molar refractivity (Wildman–Crippen MR) is 72.0 cm³/mol. The topological polar surface area (TPSA) is 50.4 Å². The van der Waals surface area contributed by atoms with Crippen LogP contribution in [0, 0.1) is 5.92 Å². The molecule has 1 fully saturated rings. The zero-order valence-electron chi connectivity index (χ0n) is 11.5. The monoisotopic (exact) mass is 302 g/mol. The first-order chi connectivity index (χ1) is 9.86. The van der Waals surface area contributed by atoms with Gasteiger partial charge in [-0.05, 0) is 37.1 Å². The van der Waals surface area contributed by atoms with Crippen molar-refractivity contribution in [3.63, 3.8) is 0 Å². The highest BCUT2D eigenvalue weighted by atomic mass is 19.4. The number of amides is 1. The third-order valence-electron chi connectivity index (χ3n) is 3.45. The van der Waals surface area contributed by atoms with Gasteiger partial charge in [0.05, 0.1) is 5.56 Å². The molecule has 0 spiro atoms. The maximum atomic E-state index is 12.6. The lowest BCUT2D eigenvalue weighted by molar-refractivity contribution is -0.137. The Labute approximate surface area is 120 Å². The summed E-state index contributed by atoms with van der Waals surface area (Å²) in [6, 6.07) is 4.45. The largest absolute Gasteiger partial charge is 0.444 e. The Bertz CT molecular complexity index is 505. The minimum Gasteiger partial charge on any atom is -0.444 e. The van der Waals surface area contributed by atoms with Gasteiger partial charge in [-0.1, -0.05) is 13.0 Å². The van der Waals surface area contributed by atoms with E-state index in [0.29, 0.717) is 6.54 Å². The van der Waals surface area contributed by atoms with E-state index in [-0.39, 0.29) is 17.7 Å². The highest BCUT2D eigenvalue weighted by Gasteiger charge is 2.30. The lowest BCUT2D eigenvalue weighted by Crippen LogP contribution is -2.42. The van der Waals surface area contributed by atoms with Crippen molar-refractivity contribution in [2.45, 2.75) is 25.6 Å². The molecule has 116 valence electrons. The molecule has 2 atom stereocenters. The predicted octanol–water partition coefficient (Wildman–Crippen LogP) is 3.25. The number of hydrogen-bond donors (Lipinski definition) is 2. The highest BCUT2D eigenvalue weighted by Crippen LogP contribution is 2.30. The van der Waals surface area contributed by atoms with Crippen LogP contribution in [-0.4, -0.2) is 25.3 Å². The van der Waals surface area contributed by atoms with E-state index in [1.165, 1.54) is 12.1 Å². The third kappa shape index (κ3) is 4.35. The van der Waals surface area contributed by atoms with E-state index in [4.69, 9.17) is 4.74 Å². The number of alkyl halides is 3. The van der Waals surface area contributed by atoms with E-state index in [9.17, 15) is 18.0 Å². The summed E-state index contributed by atoms with van der Waals surface area (Å²) in [5.41, 5.74) is -0.751. The van der Waals surface area contributed by atoms with Gasteiger partial charge in [0.15, 0.2) is 0 Å². The summed E-state index contributed by atoms with van der Waals surface area (Å²) < 4.78 is 43.0. The second kappa shape index (κ2) is 6.34. The lowest BCUT2D eigenvalue weighted by atomic mass is 9.97. The van der Waals surface area contributed by atoms with E-state index in [0.717, 1.165) is 25.1 Å². The standard InChI is InChI=1S/C14H17F3N2O2/c1-9-5-6-18-8-12(9)21-13(20)19-11-4-2-3-10(7-11)14(15,16)17/h2-4,7,9,12,18H,5-6,8H2,1H3,(H,19,20). The van der Waals surface area contributed by atoms with Gasteiger partial charge in [0, 0.05) is 12.2 Å². The molecular weight excluding hydrogens is 285 g/mol. The average molecular weight is 302 g/mol. The number of piperidine rings is 1. The number of rotatable bonds is 2. The molecule has 0 aromatic heterocycles. The van der Waals surface area contributed by atoms with E-state index in [1.54, 1.807) is 0 Å². The molecule has 1 aliphatic rings. The van der Waals surface area contributed by atoms with Gasteiger partial charge in [-0.15, -0.1) is 0 Å². The second-order valence-electron chi connectivity index (χ2n) is 5.12. The number of halogens is 3. The van der Waals surface area contributed by atoms with Crippen LogP contribution in [0.25, 0.3) is 0 Å². The van der Waals surface area contributed by atoms with Crippen LogP contribution in [0.1, 0.15) is 18.9 Å². The van der Waals surface area contributed by atoms with E-state index in [2.05, 4.69) is 10.6 Å². The van der Waals surface area contributed by atoms with Crippen LogP contribution < -0.4 is 10.6 Å². The Morgan fingerprint density at radius 3 is 2.86 bits per heavy atom. The fourth-order valence-corrected chi connectivity index (χ4v) is 2.18. The Kier molecular flexibility index (Phi) is 4.72. The summed E-state index contributed by atoms with van der Waals surface area (Å²) in [6.07, 6.45) is -4.57. The Morgan fingerprint density at radius 1 is 1.43 bits per heavy atom. The number of carbonyl (C=O) groups excluding carboxylic acids is 1. The normalized spacial score (nSPS) is 22.7. The summed E-state index contributed by atoms with van der Waals surface area (Å²) >= 11 is 0. The maximum Gasteiger partial charge on any atom is 0.416 e. The summed E-state index contributed by atoms with van der Waals surface area (Å²) in [4.78, 5) is 11.7. The zero-order chi connectivity index (χ0) is 15.5. The van der Waals surface area contributed by atoms with E-state index >= 15 is 0 Å². The van der Waals surface area contributed by atoms with Crippen LogP contribution in [0.4, 0.5) is 23.7 Å². The van der Waals surface area contributed by atoms with Crippen molar-refractivity contribution >= 4 is 11.8 Å². The van der Waals surface area contributed by atoms with Crippen molar-refractivity contribution in [1.29, 1.82) is 0 Å². The van der Waals surface area contributed by atoms with Crippen molar-refractivity contribution < 1.29 is 22.7 Å². The van der Waals surface area contributed by atoms with Crippen LogP contribution in [0.5, 0.6) is 0 Å². The van der Waals surface area contributed by atoms with Gasteiger partial charge in [0.2, 0.25) is 0 Å². The molecule has 2 rings (SSSR count). The minimum atomic E-state index is -4.44. The van der Waals surface area contributed by atoms with Gasteiger partial charge >= 0.3 is 12.3 Å². The number of hydrogen-bond acceptors (Lipinski definition) is 3. The van der Waals surface area contributed by atoms with Crippen LogP contribution in [0.2, 0.25) is 0 Å². The molecule has 1 aromatic carbocycles. The average Bonchev–Trinajstić information content (AvgIpc) is 2.41. The van der Waals surface area contributed by atoms with Crippen LogP contribution in [0.3, 0.4) is 0 Å². The molecule has 1 aromatic rings. The molecule has 0 saturated carbocycles. The Balaban J connectivity index is 1.96. The summed E-state index contributed by atoms with van der Waals surface area (Å²) in [7, 11) is 0. The van der Waals surface area contributed by atoms with Crippen molar-refractivity contribution in [2.75, 3.05) is 18.4 Å². The first-order valence-corrected chi connectivity index (χ1v) is 6.72. The van der Waals surface area contributed by atoms with Crippen molar-refractivity contribution in [3.05, 3.63) is 29.8 Å². The quantitative estimate of drug-likeness (QED) is 0.881. The number of nitrogens with one attached hydrogen (secondary N) is 2. The molecule has 21 heavy (non-hydrogen) atoms. The molecule has 0 radical (unpaired) electrons. The Morgan fingerprint density at radius 2 is 2.19 bits per heavy atom. The molecule has 2 N–H and O–H groups in total. The SMILES string of the molecule is CC1CCNCC1OC(=O)Nc1cccc(C(F)(F)F)c1. The molecule has 0 aliphatic carbocycles. The summed E-state index contributed by atoms with van der Waals surface area (Å²) in [5, 5.41) is 5.44. The van der Waals surface area contributed by atoms with Crippen LogP contribution in [0.15, 0.2) is 24.3 Å². The van der Waals surface area contributed by atoms with Crippen molar-refractivity contribution in [3.8, 4) is 0 Å². The molecule has 0 bridgehead atoms. The number of benzene rings is 1. The van der Waals surface area contributed by atoms with Crippen LogP contribution >= 0.6 is 0 Å². The molecule has 1 saturated heterocycles. The first-order valence-electron chi connectivity index (χ1n) is 6.72. The molecule has 7 heteroatoms.